The average Bonchev–Trinajstić information content (AvgIpc) is 3.11. The fourth-order valence-electron chi connectivity index (χ4n) is 3.40. The van der Waals surface area contributed by atoms with E-state index in [9.17, 15) is 9.59 Å². The van der Waals surface area contributed by atoms with Crippen molar-refractivity contribution in [3.05, 3.63) is 56.7 Å². The van der Waals surface area contributed by atoms with Gasteiger partial charge < -0.3 is 9.47 Å². The third-order valence-corrected chi connectivity index (χ3v) is 5.95. The number of rotatable bonds is 5. The fourth-order valence-corrected chi connectivity index (χ4v) is 4.57. The Kier molecular flexibility index (Phi) is 5.65. The molecule has 0 fully saturated rings. The van der Waals surface area contributed by atoms with E-state index in [0.717, 1.165) is 12.0 Å². The SMILES string of the molecule is CCOC(=O)[C@@](C(=O)OC)(c1ccccc1Cl)N1CCc2sccc2C1. The number of carbonyl (C=O) groups is 2. The van der Waals surface area contributed by atoms with Gasteiger partial charge in [-0.2, -0.15) is 0 Å². The van der Waals surface area contributed by atoms with Crippen LogP contribution in [0.2, 0.25) is 5.02 Å². The van der Waals surface area contributed by atoms with Crippen molar-refractivity contribution < 1.29 is 19.1 Å². The minimum Gasteiger partial charge on any atom is -0.467 e. The number of ether oxygens (including phenoxy) is 2. The number of methoxy groups -OCH3 is 1. The van der Waals surface area contributed by atoms with Crippen LogP contribution in [-0.4, -0.2) is 37.1 Å². The molecule has 1 aromatic heterocycles. The Morgan fingerprint density at radius 1 is 1.27 bits per heavy atom. The average molecular weight is 394 g/mol. The molecule has 0 N–H and O–H groups in total. The second-order valence-electron chi connectivity index (χ2n) is 5.94. The van der Waals surface area contributed by atoms with Crippen LogP contribution in [0.15, 0.2) is 35.7 Å². The summed E-state index contributed by atoms with van der Waals surface area (Å²) in [6.07, 6.45) is 0.746. The molecule has 7 heteroatoms. The van der Waals surface area contributed by atoms with Gasteiger partial charge in [0.25, 0.3) is 0 Å². The highest BCUT2D eigenvalue weighted by Gasteiger charge is 2.56. The molecule has 1 aromatic carbocycles. The number of hydrogen-bond donors (Lipinski definition) is 0. The zero-order valence-corrected chi connectivity index (χ0v) is 16.2. The molecule has 0 unspecified atom stereocenters. The Balaban J connectivity index is 2.19. The Hall–Kier alpha value is -1.89. The van der Waals surface area contributed by atoms with Crippen molar-refractivity contribution in [1.82, 2.24) is 4.90 Å². The predicted molar refractivity (Wildman–Crippen MR) is 100 cm³/mol. The van der Waals surface area contributed by atoms with Gasteiger partial charge in [-0.15, -0.1) is 11.3 Å². The van der Waals surface area contributed by atoms with Crippen molar-refractivity contribution >= 4 is 34.9 Å². The van der Waals surface area contributed by atoms with Gasteiger partial charge in [-0.05, 0) is 36.4 Å². The van der Waals surface area contributed by atoms with Gasteiger partial charge in [0, 0.05) is 28.6 Å². The van der Waals surface area contributed by atoms with E-state index in [2.05, 4.69) is 0 Å². The van der Waals surface area contributed by atoms with Crippen molar-refractivity contribution in [3.8, 4) is 0 Å². The first-order valence-corrected chi connectivity index (χ1v) is 9.62. The monoisotopic (exact) mass is 393 g/mol. The van der Waals surface area contributed by atoms with Gasteiger partial charge in [-0.1, -0.05) is 29.8 Å². The summed E-state index contributed by atoms with van der Waals surface area (Å²) in [5.41, 5.74) is -0.251. The molecule has 1 aliphatic rings. The minimum atomic E-state index is -1.73. The second kappa shape index (κ2) is 7.78. The van der Waals surface area contributed by atoms with E-state index < -0.39 is 17.5 Å². The van der Waals surface area contributed by atoms with Crippen LogP contribution in [0.1, 0.15) is 22.9 Å². The van der Waals surface area contributed by atoms with Crippen LogP contribution in [0.3, 0.4) is 0 Å². The molecular formula is C19H20ClNO4S. The van der Waals surface area contributed by atoms with E-state index in [-0.39, 0.29) is 6.61 Å². The van der Waals surface area contributed by atoms with E-state index in [0.29, 0.717) is 23.7 Å². The first-order valence-electron chi connectivity index (χ1n) is 8.36. The lowest BCUT2D eigenvalue weighted by Crippen LogP contribution is -2.59. The number of thiophene rings is 1. The number of nitrogens with zero attached hydrogens (tertiary/aromatic N) is 1. The quantitative estimate of drug-likeness (QED) is 0.575. The Bertz CT molecular complexity index is 821. The maximum atomic E-state index is 13.1. The molecule has 0 bridgehead atoms. The molecular weight excluding hydrogens is 374 g/mol. The highest BCUT2D eigenvalue weighted by molar-refractivity contribution is 7.10. The van der Waals surface area contributed by atoms with Gasteiger partial charge in [-0.25, -0.2) is 9.59 Å². The first-order chi connectivity index (χ1) is 12.6. The van der Waals surface area contributed by atoms with Crippen LogP contribution in [0, 0.1) is 0 Å². The molecule has 138 valence electrons. The number of halogens is 1. The number of benzene rings is 1. The Morgan fingerprint density at radius 3 is 2.73 bits per heavy atom. The lowest BCUT2D eigenvalue weighted by molar-refractivity contribution is -0.176. The van der Waals surface area contributed by atoms with E-state index >= 15 is 0 Å². The summed E-state index contributed by atoms with van der Waals surface area (Å²) in [5.74, 6) is -1.36. The molecule has 26 heavy (non-hydrogen) atoms. The molecule has 2 aromatic rings. The van der Waals surface area contributed by atoms with Gasteiger partial charge >= 0.3 is 11.9 Å². The molecule has 0 aliphatic carbocycles. The molecule has 3 rings (SSSR count). The molecule has 1 aliphatic heterocycles. The molecule has 5 nitrogen and oxygen atoms in total. The molecule has 1 atom stereocenters. The smallest absolute Gasteiger partial charge is 0.343 e. The van der Waals surface area contributed by atoms with Gasteiger partial charge in [0.2, 0.25) is 5.54 Å². The normalized spacial score (nSPS) is 16.4. The largest absolute Gasteiger partial charge is 0.467 e. The highest BCUT2D eigenvalue weighted by atomic mass is 35.5. The van der Waals surface area contributed by atoms with Crippen molar-refractivity contribution in [2.24, 2.45) is 0 Å². The van der Waals surface area contributed by atoms with E-state index in [4.69, 9.17) is 21.1 Å². The lowest BCUT2D eigenvalue weighted by atomic mass is 9.85. The zero-order valence-electron chi connectivity index (χ0n) is 14.7. The van der Waals surface area contributed by atoms with Gasteiger partial charge in [0.05, 0.1) is 13.7 Å². The summed E-state index contributed by atoms with van der Waals surface area (Å²) in [5, 5.41) is 2.34. The lowest BCUT2D eigenvalue weighted by Gasteiger charge is -2.41. The Labute approximate surface area is 161 Å². The van der Waals surface area contributed by atoms with Gasteiger partial charge in [0.15, 0.2) is 0 Å². The predicted octanol–water partition coefficient (Wildman–Crippen LogP) is 3.39. The van der Waals surface area contributed by atoms with E-state index in [1.54, 1.807) is 42.5 Å². The van der Waals surface area contributed by atoms with Crippen LogP contribution >= 0.6 is 22.9 Å². The Morgan fingerprint density at radius 2 is 2.04 bits per heavy atom. The molecule has 0 amide bonds. The van der Waals surface area contributed by atoms with Crippen molar-refractivity contribution in [2.75, 3.05) is 20.3 Å². The summed E-state index contributed by atoms with van der Waals surface area (Å²) in [4.78, 5) is 29.3. The summed E-state index contributed by atoms with van der Waals surface area (Å²) in [6.45, 7) is 2.82. The number of esters is 2. The number of carbonyl (C=O) groups excluding carboxylic acids is 2. The van der Waals surface area contributed by atoms with E-state index in [1.807, 2.05) is 16.3 Å². The maximum Gasteiger partial charge on any atom is 0.343 e. The maximum absolute atomic E-state index is 13.1. The molecule has 0 saturated heterocycles. The van der Waals surface area contributed by atoms with Crippen molar-refractivity contribution in [2.45, 2.75) is 25.4 Å². The van der Waals surface area contributed by atoms with Crippen LogP contribution in [0.5, 0.6) is 0 Å². The highest BCUT2D eigenvalue weighted by Crippen LogP contribution is 2.40. The van der Waals surface area contributed by atoms with Crippen LogP contribution in [0.25, 0.3) is 0 Å². The van der Waals surface area contributed by atoms with Crippen molar-refractivity contribution in [1.29, 1.82) is 0 Å². The van der Waals surface area contributed by atoms with Crippen LogP contribution in [0.4, 0.5) is 0 Å². The number of hydrogen-bond acceptors (Lipinski definition) is 6. The van der Waals surface area contributed by atoms with Gasteiger partial charge in [-0.3, -0.25) is 4.90 Å². The summed E-state index contributed by atoms with van der Waals surface area (Å²) in [6, 6.07) is 8.86. The standard InChI is InChI=1S/C19H20ClNO4S/c1-3-25-18(23)19(17(22)24-2,14-6-4-5-7-15(14)20)21-10-8-16-13(12-21)9-11-26-16/h4-7,9,11H,3,8,10,12H2,1-2H3/t19-/m0/s1. The number of fused-ring (bicyclic) bond motifs is 1. The third kappa shape index (κ3) is 3.02. The third-order valence-electron chi connectivity index (χ3n) is 4.60. The first kappa shape index (κ1) is 18.9. The second-order valence-corrected chi connectivity index (χ2v) is 7.35. The molecule has 0 saturated carbocycles. The topological polar surface area (TPSA) is 55.8 Å². The van der Waals surface area contributed by atoms with Crippen molar-refractivity contribution in [3.63, 3.8) is 0 Å². The van der Waals surface area contributed by atoms with E-state index in [1.165, 1.54) is 12.0 Å². The zero-order chi connectivity index (χ0) is 18.7. The summed E-state index contributed by atoms with van der Waals surface area (Å²) >= 11 is 8.10. The van der Waals surface area contributed by atoms with Crippen LogP contribution in [-0.2, 0) is 37.6 Å². The molecule has 2 heterocycles. The van der Waals surface area contributed by atoms with Crippen LogP contribution < -0.4 is 0 Å². The summed E-state index contributed by atoms with van der Waals surface area (Å²) in [7, 11) is 1.27. The molecule has 0 radical (unpaired) electrons. The molecule has 0 spiro atoms. The summed E-state index contributed by atoms with van der Waals surface area (Å²) < 4.78 is 10.4. The van der Waals surface area contributed by atoms with Gasteiger partial charge in [0.1, 0.15) is 0 Å². The minimum absolute atomic E-state index is 0.152. The fraction of sp³-hybridized carbons (Fsp3) is 0.368.